The quantitative estimate of drug-likeness (QED) is 0.739. The van der Waals surface area contributed by atoms with E-state index in [4.69, 9.17) is 0 Å². The number of benzene rings is 1. The monoisotopic (exact) mass is 278 g/mol. The number of sulfone groups is 1. The van der Waals surface area contributed by atoms with Crippen molar-refractivity contribution in [2.24, 2.45) is 0 Å². The molecule has 0 unspecified atom stereocenters. The molecule has 0 radical (unpaired) electrons. The summed E-state index contributed by atoms with van der Waals surface area (Å²) in [6, 6.07) is 8.45. The highest BCUT2D eigenvalue weighted by molar-refractivity contribution is 7.90. The Balaban J connectivity index is 1.95. The van der Waals surface area contributed by atoms with Gasteiger partial charge in [0.1, 0.15) is 0 Å². The third-order valence-corrected chi connectivity index (χ3v) is 5.02. The summed E-state index contributed by atoms with van der Waals surface area (Å²) < 4.78 is 26.1. The van der Waals surface area contributed by atoms with Gasteiger partial charge in [-0.25, -0.2) is 13.4 Å². The lowest BCUT2D eigenvalue weighted by Crippen LogP contribution is -2.04. The zero-order valence-electron chi connectivity index (χ0n) is 9.35. The van der Waals surface area contributed by atoms with Crippen LogP contribution in [0, 0.1) is 0 Å². The molecule has 3 aromatic rings. The van der Waals surface area contributed by atoms with Crippen molar-refractivity contribution in [3.63, 3.8) is 0 Å². The number of hydrogen-bond acceptors (Lipinski definition) is 4. The number of aromatic nitrogens is 2. The van der Waals surface area contributed by atoms with Gasteiger partial charge in [-0.15, -0.1) is 11.3 Å². The van der Waals surface area contributed by atoms with Crippen LogP contribution in [0.15, 0.2) is 53.0 Å². The number of hydrogen-bond donors (Lipinski definition) is 0. The van der Waals surface area contributed by atoms with Gasteiger partial charge in [0.25, 0.3) is 0 Å². The fourth-order valence-corrected chi connectivity index (χ4v) is 3.74. The fourth-order valence-electron chi connectivity index (χ4n) is 1.75. The van der Waals surface area contributed by atoms with Gasteiger partial charge in [0, 0.05) is 17.8 Å². The smallest absolute Gasteiger partial charge is 0.193 e. The van der Waals surface area contributed by atoms with Gasteiger partial charge in [-0.2, -0.15) is 0 Å². The Hall–Kier alpha value is -1.66. The van der Waals surface area contributed by atoms with Gasteiger partial charge in [0.2, 0.25) is 0 Å². The third-order valence-electron chi connectivity index (χ3n) is 2.58. The van der Waals surface area contributed by atoms with Crippen LogP contribution in [0.4, 0.5) is 0 Å². The van der Waals surface area contributed by atoms with Crippen molar-refractivity contribution in [2.45, 2.75) is 10.6 Å². The highest BCUT2D eigenvalue weighted by Gasteiger charge is 2.17. The maximum atomic E-state index is 12.2. The highest BCUT2D eigenvalue weighted by Crippen LogP contribution is 2.17. The topological polar surface area (TPSA) is 51.4 Å². The van der Waals surface area contributed by atoms with Crippen molar-refractivity contribution < 1.29 is 8.42 Å². The second-order valence-electron chi connectivity index (χ2n) is 3.90. The summed E-state index contributed by atoms with van der Waals surface area (Å²) in [6.07, 6.45) is 3.62. The molecule has 1 aromatic carbocycles. The van der Waals surface area contributed by atoms with Gasteiger partial charge in [-0.3, -0.25) is 4.40 Å². The van der Waals surface area contributed by atoms with Crippen LogP contribution in [0.3, 0.4) is 0 Å². The van der Waals surface area contributed by atoms with E-state index in [0.717, 1.165) is 4.96 Å². The summed E-state index contributed by atoms with van der Waals surface area (Å²) in [5.74, 6) is -0.0641. The van der Waals surface area contributed by atoms with E-state index in [9.17, 15) is 8.42 Å². The predicted molar refractivity (Wildman–Crippen MR) is 70.4 cm³/mol. The maximum Gasteiger partial charge on any atom is 0.193 e. The molecular weight excluding hydrogens is 268 g/mol. The normalized spacial score (nSPS) is 12.0. The first-order valence-electron chi connectivity index (χ1n) is 5.34. The van der Waals surface area contributed by atoms with E-state index in [2.05, 4.69) is 4.98 Å². The van der Waals surface area contributed by atoms with Gasteiger partial charge in [-0.1, -0.05) is 18.2 Å². The Morgan fingerprint density at radius 2 is 2.00 bits per heavy atom. The molecule has 2 aromatic heterocycles. The van der Waals surface area contributed by atoms with Crippen LogP contribution in [0.2, 0.25) is 0 Å². The zero-order chi connectivity index (χ0) is 12.6. The lowest BCUT2D eigenvalue weighted by Gasteiger charge is -2.01. The Morgan fingerprint density at radius 1 is 1.22 bits per heavy atom. The van der Waals surface area contributed by atoms with Crippen molar-refractivity contribution in [3.8, 4) is 0 Å². The number of fused-ring (bicyclic) bond motifs is 1. The SMILES string of the molecule is O=S(=O)(Cc1cn2ccsc2n1)c1ccccc1. The van der Waals surface area contributed by atoms with E-state index in [1.54, 1.807) is 36.5 Å². The van der Waals surface area contributed by atoms with Crippen LogP contribution in [-0.2, 0) is 15.6 Å². The van der Waals surface area contributed by atoms with Crippen molar-refractivity contribution in [1.29, 1.82) is 0 Å². The molecule has 0 aliphatic rings. The largest absolute Gasteiger partial charge is 0.297 e. The van der Waals surface area contributed by atoms with Crippen molar-refractivity contribution in [3.05, 3.63) is 53.8 Å². The minimum atomic E-state index is -3.31. The molecule has 0 amide bonds. The molecule has 0 aliphatic carbocycles. The summed E-state index contributed by atoms with van der Waals surface area (Å²) in [5, 5.41) is 1.91. The van der Waals surface area contributed by atoms with Crippen LogP contribution in [0.5, 0.6) is 0 Å². The van der Waals surface area contributed by atoms with Crippen molar-refractivity contribution in [1.82, 2.24) is 9.38 Å². The molecule has 3 rings (SSSR count). The molecule has 4 nitrogen and oxygen atoms in total. The van der Waals surface area contributed by atoms with E-state index < -0.39 is 9.84 Å². The lowest BCUT2D eigenvalue weighted by molar-refractivity contribution is 0.595. The molecule has 18 heavy (non-hydrogen) atoms. The Labute approximate surface area is 108 Å². The fraction of sp³-hybridized carbons (Fsp3) is 0.0833. The van der Waals surface area contributed by atoms with E-state index >= 15 is 0 Å². The zero-order valence-corrected chi connectivity index (χ0v) is 11.0. The molecule has 0 fully saturated rings. The molecule has 0 saturated heterocycles. The molecule has 2 heterocycles. The Bertz CT molecular complexity index is 744. The molecule has 0 atom stereocenters. The molecule has 6 heteroatoms. The van der Waals surface area contributed by atoms with Crippen LogP contribution in [0.1, 0.15) is 5.69 Å². The minimum absolute atomic E-state index is 0.0641. The summed E-state index contributed by atoms with van der Waals surface area (Å²) >= 11 is 1.49. The summed E-state index contributed by atoms with van der Waals surface area (Å²) in [5.41, 5.74) is 0.575. The third kappa shape index (κ3) is 2.04. The molecule has 0 bridgehead atoms. The van der Waals surface area contributed by atoms with E-state index in [1.807, 2.05) is 16.0 Å². The van der Waals surface area contributed by atoms with Gasteiger partial charge in [0.15, 0.2) is 14.8 Å². The summed E-state index contributed by atoms with van der Waals surface area (Å²) in [4.78, 5) is 5.43. The van der Waals surface area contributed by atoms with Gasteiger partial charge in [-0.05, 0) is 12.1 Å². The molecular formula is C12H10N2O2S2. The summed E-state index contributed by atoms with van der Waals surface area (Å²) in [6.45, 7) is 0. The maximum absolute atomic E-state index is 12.2. The second-order valence-corrected chi connectivity index (χ2v) is 6.76. The number of imidazole rings is 1. The summed E-state index contributed by atoms with van der Waals surface area (Å²) in [7, 11) is -3.31. The standard InChI is InChI=1S/C12H10N2O2S2/c15-18(16,11-4-2-1-3-5-11)9-10-8-14-6-7-17-12(14)13-10/h1-8H,9H2. The Kier molecular flexibility index (Phi) is 2.68. The first-order chi connectivity index (χ1) is 8.65. The first-order valence-corrected chi connectivity index (χ1v) is 7.87. The van der Waals surface area contributed by atoms with Crippen LogP contribution in [0.25, 0.3) is 4.96 Å². The highest BCUT2D eigenvalue weighted by atomic mass is 32.2. The van der Waals surface area contributed by atoms with E-state index in [0.29, 0.717) is 10.6 Å². The average Bonchev–Trinajstić information content (AvgIpc) is 2.90. The molecule has 0 aliphatic heterocycles. The molecule has 92 valence electrons. The Morgan fingerprint density at radius 3 is 2.72 bits per heavy atom. The van der Waals surface area contributed by atoms with Crippen LogP contribution in [-0.4, -0.2) is 17.8 Å². The van der Waals surface area contributed by atoms with Crippen molar-refractivity contribution >= 4 is 26.1 Å². The number of thiazole rings is 1. The first kappa shape index (κ1) is 11.4. The van der Waals surface area contributed by atoms with Gasteiger partial charge in [0.05, 0.1) is 16.3 Å². The lowest BCUT2D eigenvalue weighted by atomic mass is 10.4. The molecule has 0 spiro atoms. The van der Waals surface area contributed by atoms with E-state index in [1.165, 1.54) is 11.3 Å². The minimum Gasteiger partial charge on any atom is -0.297 e. The van der Waals surface area contributed by atoms with E-state index in [-0.39, 0.29) is 5.75 Å². The molecule has 0 saturated carbocycles. The number of rotatable bonds is 3. The van der Waals surface area contributed by atoms with Gasteiger partial charge >= 0.3 is 0 Å². The molecule has 0 N–H and O–H groups in total. The average molecular weight is 278 g/mol. The predicted octanol–water partition coefficient (Wildman–Crippen LogP) is 2.37. The number of nitrogens with zero attached hydrogens (tertiary/aromatic N) is 2. The second kappa shape index (κ2) is 4.22. The van der Waals surface area contributed by atoms with Crippen LogP contribution >= 0.6 is 11.3 Å². The van der Waals surface area contributed by atoms with Crippen LogP contribution < -0.4 is 0 Å². The van der Waals surface area contributed by atoms with Gasteiger partial charge < -0.3 is 0 Å². The van der Waals surface area contributed by atoms with Crippen molar-refractivity contribution in [2.75, 3.05) is 0 Å².